The molecule has 2 saturated heterocycles. The summed E-state index contributed by atoms with van der Waals surface area (Å²) in [6, 6.07) is 8.56. The van der Waals surface area contributed by atoms with Gasteiger partial charge in [0.1, 0.15) is 0 Å². The van der Waals surface area contributed by atoms with Crippen molar-refractivity contribution < 1.29 is 9.90 Å². The van der Waals surface area contributed by atoms with Gasteiger partial charge < -0.3 is 15.3 Å². The molecule has 2 heterocycles. The lowest BCUT2D eigenvalue weighted by Crippen LogP contribution is -2.48. The number of amides is 1. The molecule has 0 spiro atoms. The maximum atomic E-state index is 12.6. The minimum Gasteiger partial charge on any atom is -0.390 e. The van der Waals surface area contributed by atoms with Crippen molar-refractivity contribution in [3.05, 3.63) is 35.4 Å². The molecule has 27 heavy (non-hydrogen) atoms. The van der Waals surface area contributed by atoms with Crippen LogP contribution < -0.4 is 5.32 Å². The maximum absolute atomic E-state index is 12.6. The van der Waals surface area contributed by atoms with E-state index in [1.165, 1.54) is 45.2 Å². The highest BCUT2D eigenvalue weighted by Crippen LogP contribution is 2.32. The van der Waals surface area contributed by atoms with E-state index in [9.17, 15) is 9.90 Å². The number of carbonyl (C=O) groups excluding carboxylic acids is 1. The molecule has 0 unspecified atom stereocenters. The van der Waals surface area contributed by atoms with Gasteiger partial charge in [-0.1, -0.05) is 18.6 Å². The van der Waals surface area contributed by atoms with E-state index in [0.29, 0.717) is 6.42 Å². The van der Waals surface area contributed by atoms with E-state index in [4.69, 9.17) is 0 Å². The molecular weight excluding hydrogens is 336 g/mol. The Hall–Kier alpha value is -1.39. The van der Waals surface area contributed by atoms with E-state index in [-0.39, 0.29) is 5.91 Å². The van der Waals surface area contributed by atoms with Gasteiger partial charge in [0, 0.05) is 18.2 Å². The van der Waals surface area contributed by atoms with E-state index >= 15 is 0 Å². The van der Waals surface area contributed by atoms with Crippen LogP contribution in [-0.4, -0.2) is 47.2 Å². The van der Waals surface area contributed by atoms with E-state index < -0.39 is 5.60 Å². The number of carbonyl (C=O) groups is 1. The van der Waals surface area contributed by atoms with Crippen LogP contribution >= 0.6 is 0 Å². The third-order valence-electron chi connectivity index (χ3n) is 6.24. The van der Waals surface area contributed by atoms with E-state index in [1.807, 2.05) is 38.1 Å². The summed E-state index contributed by atoms with van der Waals surface area (Å²) in [6.45, 7) is 6.95. The number of nitrogens with zero attached hydrogens (tertiary/aromatic N) is 1. The maximum Gasteiger partial charge on any atom is 0.251 e. The topological polar surface area (TPSA) is 52.6 Å². The summed E-state index contributed by atoms with van der Waals surface area (Å²) in [5.74, 6) is 0.758. The lowest BCUT2D eigenvalue weighted by molar-refractivity contribution is 0.0554. The zero-order chi connectivity index (χ0) is 19.3. The Balaban J connectivity index is 1.47. The van der Waals surface area contributed by atoms with Crippen molar-refractivity contribution in [1.29, 1.82) is 0 Å². The molecule has 0 bridgehead atoms. The summed E-state index contributed by atoms with van der Waals surface area (Å²) in [5, 5.41) is 13.0. The number of aliphatic hydroxyl groups is 1. The molecule has 2 fully saturated rings. The first kappa shape index (κ1) is 20.3. The van der Waals surface area contributed by atoms with Gasteiger partial charge in [0.25, 0.3) is 5.91 Å². The average molecular weight is 373 g/mol. The molecule has 0 aromatic heterocycles. The minimum atomic E-state index is -0.675. The standard InChI is InChI=1S/C23H36N2O2/c1-23(2,27)13-11-18-7-5-8-20(17-18)22(26)24-14-12-19-9-6-16-25-15-4-3-10-21(19)25/h5,7-8,17,19,21,27H,3-4,6,9-16H2,1-2H3,(H,24,26)/t19-,21+/m0/s1. The number of aryl methyl sites for hydroxylation is 1. The lowest BCUT2D eigenvalue weighted by atomic mass is 9.81. The van der Waals surface area contributed by atoms with Crippen LogP contribution in [-0.2, 0) is 6.42 Å². The smallest absolute Gasteiger partial charge is 0.251 e. The average Bonchev–Trinajstić information content (AvgIpc) is 2.66. The molecule has 2 atom stereocenters. The molecule has 2 aliphatic rings. The van der Waals surface area contributed by atoms with E-state index in [0.717, 1.165) is 42.5 Å². The molecule has 2 aliphatic heterocycles. The highest BCUT2D eigenvalue weighted by atomic mass is 16.3. The molecule has 0 radical (unpaired) electrons. The van der Waals surface area contributed by atoms with Gasteiger partial charge >= 0.3 is 0 Å². The zero-order valence-corrected chi connectivity index (χ0v) is 17.0. The van der Waals surface area contributed by atoms with Gasteiger partial charge in [-0.05, 0) is 95.5 Å². The SMILES string of the molecule is CC(C)(O)CCc1cccc(C(=O)NCC[C@@H]2CCCN3CCCC[C@H]23)c1. The monoisotopic (exact) mass is 372 g/mol. The van der Waals surface area contributed by atoms with Gasteiger partial charge in [-0.2, -0.15) is 0 Å². The normalized spacial score (nSPS) is 23.7. The molecule has 1 aromatic carbocycles. The molecule has 4 nitrogen and oxygen atoms in total. The lowest BCUT2D eigenvalue weighted by Gasteiger charge is -2.44. The Morgan fingerprint density at radius 2 is 2.04 bits per heavy atom. The van der Waals surface area contributed by atoms with Crippen LogP contribution in [0.1, 0.15) is 74.7 Å². The number of rotatable bonds is 7. The number of hydrogen-bond acceptors (Lipinski definition) is 3. The van der Waals surface area contributed by atoms with Gasteiger partial charge in [0.2, 0.25) is 0 Å². The summed E-state index contributed by atoms with van der Waals surface area (Å²) in [6.07, 6.45) is 9.22. The summed E-state index contributed by atoms with van der Waals surface area (Å²) >= 11 is 0. The first-order valence-corrected chi connectivity index (χ1v) is 10.8. The second-order valence-electron chi connectivity index (χ2n) is 9.06. The third-order valence-corrected chi connectivity index (χ3v) is 6.24. The van der Waals surface area contributed by atoms with E-state index in [2.05, 4.69) is 10.2 Å². The number of nitrogens with one attached hydrogen (secondary N) is 1. The second-order valence-corrected chi connectivity index (χ2v) is 9.06. The molecule has 1 aromatic rings. The zero-order valence-electron chi connectivity index (χ0n) is 17.0. The fourth-order valence-electron chi connectivity index (χ4n) is 4.71. The van der Waals surface area contributed by atoms with Gasteiger partial charge in [0.15, 0.2) is 0 Å². The largest absolute Gasteiger partial charge is 0.390 e. The van der Waals surface area contributed by atoms with Crippen molar-refractivity contribution in [3.63, 3.8) is 0 Å². The van der Waals surface area contributed by atoms with Crippen molar-refractivity contribution in [1.82, 2.24) is 10.2 Å². The number of fused-ring (bicyclic) bond motifs is 1. The summed E-state index contributed by atoms with van der Waals surface area (Å²) in [5.41, 5.74) is 1.16. The van der Waals surface area contributed by atoms with Gasteiger partial charge in [-0.25, -0.2) is 0 Å². The van der Waals surface area contributed by atoms with Crippen molar-refractivity contribution >= 4 is 5.91 Å². The van der Waals surface area contributed by atoms with Crippen molar-refractivity contribution in [2.24, 2.45) is 5.92 Å². The Kier molecular flexibility index (Phi) is 6.93. The quantitative estimate of drug-likeness (QED) is 0.766. The molecule has 0 aliphatic carbocycles. The van der Waals surface area contributed by atoms with Crippen LogP contribution in [0.25, 0.3) is 0 Å². The predicted molar refractivity (Wildman–Crippen MR) is 110 cm³/mol. The van der Waals surface area contributed by atoms with Crippen LogP contribution in [0.5, 0.6) is 0 Å². The molecular formula is C23H36N2O2. The van der Waals surface area contributed by atoms with Crippen LogP contribution in [0.4, 0.5) is 0 Å². The second kappa shape index (κ2) is 9.20. The molecule has 1 amide bonds. The van der Waals surface area contributed by atoms with Crippen molar-refractivity contribution in [3.8, 4) is 0 Å². The van der Waals surface area contributed by atoms with Crippen LogP contribution in [0.15, 0.2) is 24.3 Å². The third kappa shape index (κ3) is 6.05. The highest BCUT2D eigenvalue weighted by Gasteiger charge is 2.32. The molecule has 4 heteroatoms. The van der Waals surface area contributed by atoms with Crippen molar-refractivity contribution in [2.75, 3.05) is 19.6 Å². The molecule has 2 N–H and O–H groups in total. The molecule has 0 saturated carbocycles. The fraction of sp³-hybridized carbons (Fsp3) is 0.696. The van der Waals surface area contributed by atoms with Crippen LogP contribution in [0.2, 0.25) is 0 Å². The van der Waals surface area contributed by atoms with Gasteiger partial charge in [-0.15, -0.1) is 0 Å². The van der Waals surface area contributed by atoms with E-state index in [1.54, 1.807) is 0 Å². The Morgan fingerprint density at radius 1 is 1.22 bits per heavy atom. The Bertz CT molecular complexity index is 621. The Labute approximate surface area is 164 Å². The summed E-state index contributed by atoms with van der Waals surface area (Å²) in [4.78, 5) is 15.2. The van der Waals surface area contributed by atoms with Crippen molar-refractivity contribution in [2.45, 2.75) is 76.9 Å². The summed E-state index contributed by atoms with van der Waals surface area (Å²) < 4.78 is 0. The molecule has 3 rings (SSSR count). The van der Waals surface area contributed by atoms with Gasteiger partial charge in [0.05, 0.1) is 5.60 Å². The summed E-state index contributed by atoms with van der Waals surface area (Å²) in [7, 11) is 0. The number of piperidine rings is 2. The number of hydrogen-bond donors (Lipinski definition) is 2. The van der Waals surface area contributed by atoms with Crippen LogP contribution in [0.3, 0.4) is 0 Å². The first-order valence-electron chi connectivity index (χ1n) is 10.8. The first-order chi connectivity index (χ1) is 12.9. The number of benzene rings is 1. The predicted octanol–water partition coefficient (Wildman–Crippen LogP) is 3.77. The Morgan fingerprint density at radius 3 is 2.85 bits per heavy atom. The van der Waals surface area contributed by atoms with Crippen LogP contribution in [0, 0.1) is 5.92 Å². The fourth-order valence-corrected chi connectivity index (χ4v) is 4.71. The minimum absolute atomic E-state index is 0.0245. The molecule has 150 valence electrons. The highest BCUT2D eigenvalue weighted by molar-refractivity contribution is 5.94. The van der Waals surface area contributed by atoms with Gasteiger partial charge in [-0.3, -0.25) is 4.79 Å².